The molecule has 1 aromatic heterocycles. The molecule has 2 heterocycles. The number of hydrogen-bond acceptors (Lipinski definition) is 7. The van der Waals surface area contributed by atoms with E-state index in [0.29, 0.717) is 17.0 Å². The van der Waals surface area contributed by atoms with Crippen molar-refractivity contribution < 1.29 is 24.1 Å². The average molecular weight is 424 g/mol. The van der Waals surface area contributed by atoms with Crippen LogP contribution in [0, 0.1) is 0 Å². The molecule has 0 radical (unpaired) electrons. The van der Waals surface area contributed by atoms with Gasteiger partial charge < -0.3 is 19.3 Å². The zero-order valence-electron chi connectivity index (χ0n) is 17.1. The topological polar surface area (TPSA) is 120 Å². The summed E-state index contributed by atoms with van der Waals surface area (Å²) in [6.45, 7) is 1.99. The van der Waals surface area contributed by atoms with Crippen LogP contribution in [0.4, 0.5) is 0 Å². The number of esters is 1. The Bertz CT molecular complexity index is 1290. The van der Waals surface area contributed by atoms with Gasteiger partial charge in [-0.3, -0.25) is 9.78 Å². The highest BCUT2D eigenvalue weighted by Crippen LogP contribution is 2.45. The Hall–Kier alpha value is -4.01. The molecule has 0 amide bonds. The number of H-pyrrole nitrogens is 1. The van der Waals surface area contributed by atoms with Gasteiger partial charge in [-0.25, -0.2) is 14.2 Å². The Morgan fingerprint density at radius 3 is 2.39 bits per heavy atom. The number of ether oxygens (including phenoxy) is 3. The Balaban J connectivity index is 1.92. The lowest BCUT2D eigenvalue weighted by Crippen LogP contribution is -2.32. The summed E-state index contributed by atoms with van der Waals surface area (Å²) in [5, 5.41) is 10.9. The van der Waals surface area contributed by atoms with E-state index in [4.69, 9.17) is 14.2 Å². The highest BCUT2D eigenvalue weighted by molar-refractivity contribution is 5.98. The second-order valence-electron chi connectivity index (χ2n) is 6.90. The molecule has 2 N–H and O–H groups in total. The number of aromatic nitrogens is 2. The summed E-state index contributed by atoms with van der Waals surface area (Å²) in [5.74, 6) is -0.872. The highest BCUT2D eigenvalue weighted by Gasteiger charge is 2.40. The first-order valence-corrected chi connectivity index (χ1v) is 9.54. The zero-order valence-corrected chi connectivity index (χ0v) is 17.1. The summed E-state index contributed by atoms with van der Waals surface area (Å²) < 4.78 is 16.9. The van der Waals surface area contributed by atoms with Crippen LogP contribution in [0.2, 0.25) is 0 Å². The number of rotatable bonds is 5. The molecule has 4 rings (SSSR count). The van der Waals surface area contributed by atoms with Crippen LogP contribution in [0.5, 0.6) is 17.4 Å². The second kappa shape index (κ2) is 7.67. The number of fused-ring (bicyclic) bond motifs is 1. The first-order valence-electron chi connectivity index (χ1n) is 9.54. The maximum absolute atomic E-state index is 12.6. The lowest BCUT2D eigenvalue weighted by Gasteiger charge is -2.16. The highest BCUT2D eigenvalue weighted by atomic mass is 16.6. The lowest BCUT2D eigenvalue weighted by molar-refractivity contribution is 0.0447. The van der Waals surface area contributed by atoms with Crippen molar-refractivity contribution in [3.8, 4) is 23.1 Å². The minimum Gasteiger partial charge on any atom is -0.494 e. The quantitative estimate of drug-likeness (QED) is 0.602. The summed E-state index contributed by atoms with van der Waals surface area (Å²) in [6, 6.07) is 10.1. The number of methoxy groups -OCH3 is 2. The van der Waals surface area contributed by atoms with Crippen molar-refractivity contribution in [3.63, 3.8) is 0 Å². The number of benzene rings is 2. The molecule has 0 fully saturated rings. The Morgan fingerprint density at radius 1 is 1.06 bits per heavy atom. The van der Waals surface area contributed by atoms with Crippen molar-refractivity contribution >= 4 is 5.97 Å². The van der Waals surface area contributed by atoms with Gasteiger partial charge in [0.05, 0.1) is 19.9 Å². The molecule has 3 aromatic rings. The molecule has 0 spiro atoms. The largest absolute Gasteiger partial charge is 0.494 e. The smallest absolute Gasteiger partial charge is 0.343 e. The molecule has 1 aliphatic rings. The fourth-order valence-electron chi connectivity index (χ4n) is 3.71. The molecule has 0 saturated heterocycles. The zero-order chi connectivity index (χ0) is 22.3. The number of cyclic esters (lactones) is 1. The van der Waals surface area contributed by atoms with E-state index in [1.54, 1.807) is 24.3 Å². The molecule has 9 nitrogen and oxygen atoms in total. The van der Waals surface area contributed by atoms with E-state index in [-0.39, 0.29) is 16.9 Å². The number of aromatic hydroxyl groups is 1. The standard InChI is InChI=1S/C22H20N2O7/c1-4-11-5-7-12(8-6-11)24-20(26)16(19(25)23-22(24)28)17-13-9-10-14(29-2)18(30-3)15(13)21(27)31-17/h5-10,17,26H,4H2,1-3H3,(H,23,25,28). The maximum Gasteiger partial charge on any atom is 0.343 e. The van der Waals surface area contributed by atoms with Gasteiger partial charge >= 0.3 is 11.7 Å². The summed E-state index contributed by atoms with van der Waals surface area (Å²) in [6.07, 6.45) is -0.425. The maximum atomic E-state index is 12.6. The molecule has 1 atom stereocenters. The van der Waals surface area contributed by atoms with Crippen LogP contribution in [-0.4, -0.2) is 34.8 Å². The number of nitrogens with zero attached hydrogens (tertiary/aromatic N) is 1. The molecular weight excluding hydrogens is 404 g/mol. The third-order valence-electron chi connectivity index (χ3n) is 5.28. The molecule has 2 aromatic carbocycles. The molecular formula is C22H20N2O7. The SMILES string of the molecule is CCc1ccc(-n2c(O)c(C3OC(=O)c4c3ccc(OC)c4OC)c(=O)[nH]c2=O)cc1. The van der Waals surface area contributed by atoms with Crippen molar-refractivity contribution in [2.24, 2.45) is 0 Å². The number of hydrogen-bond donors (Lipinski definition) is 2. The van der Waals surface area contributed by atoms with Crippen LogP contribution in [0.25, 0.3) is 5.69 Å². The number of aromatic amines is 1. The molecule has 0 aliphatic carbocycles. The third-order valence-corrected chi connectivity index (χ3v) is 5.28. The first kappa shape index (κ1) is 20.3. The molecule has 0 saturated carbocycles. The van der Waals surface area contributed by atoms with E-state index >= 15 is 0 Å². The van der Waals surface area contributed by atoms with Crippen molar-refractivity contribution in [2.45, 2.75) is 19.4 Å². The van der Waals surface area contributed by atoms with Gasteiger partial charge in [-0.1, -0.05) is 25.1 Å². The van der Waals surface area contributed by atoms with Crippen LogP contribution in [-0.2, 0) is 11.2 Å². The fourth-order valence-corrected chi connectivity index (χ4v) is 3.71. The summed E-state index contributed by atoms with van der Waals surface area (Å²) in [4.78, 5) is 39.9. The predicted octanol–water partition coefficient (Wildman–Crippen LogP) is 2.07. The van der Waals surface area contributed by atoms with Crippen LogP contribution in [0.1, 0.15) is 40.1 Å². The first-order chi connectivity index (χ1) is 14.9. The van der Waals surface area contributed by atoms with E-state index in [9.17, 15) is 19.5 Å². The molecule has 1 aliphatic heterocycles. The molecule has 1 unspecified atom stereocenters. The minimum atomic E-state index is -1.23. The number of nitrogens with one attached hydrogen (secondary N) is 1. The lowest BCUT2D eigenvalue weighted by atomic mass is 9.99. The second-order valence-corrected chi connectivity index (χ2v) is 6.90. The Labute approximate surface area is 176 Å². The van der Waals surface area contributed by atoms with Crippen molar-refractivity contribution in [3.05, 3.63) is 79.5 Å². The number of carbonyl (C=O) groups excluding carboxylic acids is 1. The van der Waals surface area contributed by atoms with Gasteiger partial charge in [0.15, 0.2) is 17.6 Å². The average Bonchev–Trinajstić information content (AvgIpc) is 3.09. The number of carbonyl (C=O) groups is 1. The van der Waals surface area contributed by atoms with Crippen LogP contribution in [0.15, 0.2) is 46.0 Å². The van der Waals surface area contributed by atoms with Crippen LogP contribution >= 0.6 is 0 Å². The van der Waals surface area contributed by atoms with Gasteiger partial charge in [0, 0.05) is 5.56 Å². The fraction of sp³-hybridized carbons (Fsp3) is 0.227. The van der Waals surface area contributed by atoms with Gasteiger partial charge in [-0.15, -0.1) is 0 Å². The van der Waals surface area contributed by atoms with E-state index in [1.165, 1.54) is 14.2 Å². The molecule has 160 valence electrons. The van der Waals surface area contributed by atoms with Crippen molar-refractivity contribution in [2.75, 3.05) is 14.2 Å². The summed E-state index contributed by atoms with van der Waals surface area (Å²) in [7, 11) is 2.81. The van der Waals surface area contributed by atoms with Gasteiger partial charge in [0.25, 0.3) is 5.56 Å². The molecule has 0 bridgehead atoms. The molecule has 31 heavy (non-hydrogen) atoms. The predicted molar refractivity (Wildman–Crippen MR) is 111 cm³/mol. The summed E-state index contributed by atoms with van der Waals surface area (Å²) >= 11 is 0. The van der Waals surface area contributed by atoms with Gasteiger partial charge in [0.2, 0.25) is 5.88 Å². The third kappa shape index (κ3) is 3.14. The Kier molecular flexibility index (Phi) is 5.02. The van der Waals surface area contributed by atoms with Gasteiger partial charge in [0.1, 0.15) is 11.1 Å². The van der Waals surface area contributed by atoms with E-state index in [1.807, 2.05) is 19.1 Å². The van der Waals surface area contributed by atoms with E-state index in [0.717, 1.165) is 16.6 Å². The summed E-state index contributed by atoms with van der Waals surface area (Å²) in [5.41, 5.74) is -0.129. The minimum absolute atomic E-state index is 0.0932. The Morgan fingerprint density at radius 2 is 1.77 bits per heavy atom. The van der Waals surface area contributed by atoms with Crippen LogP contribution < -0.4 is 20.7 Å². The van der Waals surface area contributed by atoms with E-state index < -0.39 is 29.2 Å². The van der Waals surface area contributed by atoms with Crippen molar-refractivity contribution in [1.82, 2.24) is 9.55 Å². The van der Waals surface area contributed by atoms with Gasteiger partial charge in [-0.2, -0.15) is 0 Å². The van der Waals surface area contributed by atoms with Crippen LogP contribution in [0.3, 0.4) is 0 Å². The number of aryl methyl sites for hydroxylation is 1. The molecule has 9 heteroatoms. The monoisotopic (exact) mass is 424 g/mol. The van der Waals surface area contributed by atoms with Crippen molar-refractivity contribution in [1.29, 1.82) is 0 Å². The normalized spacial score (nSPS) is 14.8. The van der Waals surface area contributed by atoms with Gasteiger partial charge in [-0.05, 0) is 30.2 Å². The van der Waals surface area contributed by atoms with E-state index in [2.05, 4.69) is 4.98 Å².